The summed E-state index contributed by atoms with van der Waals surface area (Å²) in [5.41, 5.74) is 0.760. The summed E-state index contributed by atoms with van der Waals surface area (Å²) in [6, 6.07) is 5.65. The van der Waals surface area contributed by atoms with Crippen molar-refractivity contribution in [2.75, 3.05) is 6.61 Å². The van der Waals surface area contributed by atoms with Gasteiger partial charge < -0.3 is 14.4 Å². The van der Waals surface area contributed by atoms with Crippen molar-refractivity contribution in [1.29, 1.82) is 0 Å². The molecule has 1 aliphatic carbocycles. The van der Waals surface area contributed by atoms with Crippen molar-refractivity contribution in [1.82, 2.24) is 9.55 Å². The van der Waals surface area contributed by atoms with Gasteiger partial charge in [-0.3, -0.25) is 4.79 Å². The second-order valence-corrected chi connectivity index (χ2v) is 6.02. The first-order chi connectivity index (χ1) is 10.00. The zero-order valence-electron chi connectivity index (χ0n) is 12.4. The molecule has 1 heterocycles. The largest absolute Gasteiger partial charge is 0.494 e. The molecule has 2 aromatic rings. The van der Waals surface area contributed by atoms with E-state index < -0.39 is 5.60 Å². The molecule has 1 aliphatic rings. The minimum absolute atomic E-state index is 0.0420. The number of aliphatic hydroxyl groups is 1. The third-order valence-corrected chi connectivity index (χ3v) is 3.95. The molecule has 0 radical (unpaired) electrons. The molecule has 0 amide bonds. The Kier molecular flexibility index (Phi) is 3.45. The first-order valence-corrected chi connectivity index (χ1v) is 7.37. The molecule has 1 aromatic heterocycles. The Labute approximate surface area is 123 Å². The van der Waals surface area contributed by atoms with Crippen LogP contribution in [0.25, 0.3) is 11.0 Å². The zero-order valence-corrected chi connectivity index (χ0v) is 12.4. The van der Waals surface area contributed by atoms with Crippen molar-refractivity contribution in [3.05, 3.63) is 34.7 Å². The predicted molar refractivity (Wildman–Crippen MR) is 80.7 cm³/mol. The third-order valence-electron chi connectivity index (χ3n) is 3.95. The molecule has 0 saturated heterocycles. The average molecular weight is 288 g/mol. The van der Waals surface area contributed by atoms with E-state index >= 15 is 0 Å². The Balaban J connectivity index is 2.00. The second-order valence-electron chi connectivity index (χ2n) is 6.02. The number of ether oxygens (including phenoxy) is 1. The molecule has 5 heteroatoms. The van der Waals surface area contributed by atoms with Crippen molar-refractivity contribution >= 4 is 11.0 Å². The summed E-state index contributed by atoms with van der Waals surface area (Å²) in [5, 5.41) is 9.90. The summed E-state index contributed by atoms with van der Waals surface area (Å²) in [6.07, 6.45) is 3.49. The summed E-state index contributed by atoms with van der Waals surface area (Å²) in [4.78, 5) is 16.3. The van der Waals surface area contributed by atoms with E-state index in [0.717, 1.165) is 23.2 Å². The number of hydrogen-bond acceptors (Lipinski definition) is 4. The second kappa shape index (κ2) is 5.15. The number of fused-ring (bicyclic) bond motifs is 1. The van der Waals surface area contributed by atoms with Crippen LogP contribution in [0.1, 0.15) is 39.2 Å². The van der Waals surface area contributed by atoms with Crippen LogP contribution in [-0.2, 0) is 0 Å². The van der Waals surface area contributed by atoms with Crippen LogP contribution in [0.3, 0.4) is 0 Å². The lowest BCUT2D eigenvalue weighted by Gasteiger charge is -2.42. The molecule has 0 bridgehead atoms. The van der Waals surface area contributed by atoms with Crippen molar-refractivity contribution in [3.8, 4) is 5.75 Å². The van der Waals surface area contributed by atoms with E-state index in [4.69, 9.17) is 4.74 Å². The van der Waals surface area contributed by atoms with E-state index in [2.05, 4.69) is 11.9 Å². The van der Waals surface area contributed by atoms with Gasteiger partial charge in [0.15, 0.2) is 0 Å². The van der Waals surface area contributed by atoms with E-state index in [1.165, 1.54) is 6.20 Å². The fraction of sp³-hybridized carbons (Fsp3) is 0.500. The lowest BCUT2D eigenvalue weighted by atomic mass is 9.77. The summed E-state index contributed by atoms with van der Waals surface area (Å²) in [7, 11) is 0. The quantitative estimate of drug-likeness (QED) is 0.937. The molecule has 1 aromatic carbocycles. The van der Waals surface area contributed by atoms with Crippen molar-refractivity contribution in [2.24, 2.45) is 0 Å². The van der Waals surface area contributed by atoms with Crippen LogP contribution in [0.2, 0.25) is 0 Å². The minimum atomic E-state index is -0.663. The SMILES string of the molecule is CCCOc1ccc2c(c1)ncc(=O)n2C1CC(C)(O)C1. The molecule has 3 rings (SSSR count). The molecular weight excluding hydrogens is 268 g/mol. The van der Waals surface area contributed by atoms with E-state index in [1.807, 2.05) is 18.2 Å². The van der Waals surface area contributed by atoms with Crippen LogP contribution in [0.4, 0.5) is 0 Å². The summed E-state index contributed by atoms with van der Waals surface area (Å²) >= 11 is 0. The first-order valence-electron chi connectivity index (χ1n) is 7.37. The van der Waals surface area contributed by atoms with Crippen molar-refractivity contribution < 1.29 is 9.84 Å². The predicted octanol–water partition coefficient (Wildman–Crippen LogP) is 2.27. The Bertz CT molecular complexity index is 713. The molecule has 1 fully saturated rings. The minimum Gasteiger partial charge on any atom is -0.494 e. The molecule has 0 atom stereocenters. The Morgan fingerprint density at radius 2 is 2.24 bits per heavy atom. The van der Waals surface area contributed by atoms with Gasteiger partial charge in [0.2, 0.25) is 0 Å². The number of benzene rings is 1. The fourth-order valence-electron chi connectivity index (χ4n) is 2.94. The normalized spacial score (nSPS) is 24.8. The van der Waals surface area contributed by atoms with E-state index in [1.54, 1.807) is 11.5 Å². The Morgan fingerprint density at radius 1 is 1.48 bits per heavy atom. The van der Waals surface area contributed by atoms with Crippen molar-refractivity contribution in [3.63, 3.8) is 0 Å². The van der Waals surface area contributed by atoms with Gasteiger partial charge >= 0.3 is 0 Å². The monoisotopic (exact) mass is 288 g/mol. The molecule has 0 spiro atoms. The van der Waals surface area contributed by atoms with E-state index in [9.17, 15) is 9.90 Å². The third kappa shape index (κ3) is 2.65. The van der Waals surface area contributed by atoms with Gasteiger partial charge in [-0.05, 0) is 38.3 Å². The lowest BCUT2D eigenvalue weighted by molar-refractivity contribution is -0.0506. The molecule has 0 unspecified atom stereocenters. The lowest BCUT2D eigenvalue weighted by Crippen LogP contribution is -2.45. The number of aromatic nitrogens is 2. The standard InChI is InChI=1S/C16H20N2O3/c1-3-6-21-12-4-5-14-13(7-12)17-10-15(19)18(14)11-8-16(2,20)9-11/h4-5,7,10-11,20H,3,6,8-9H2,1-2H3. The maximum absolute atomic E-state index is 12.1. The van der Waals surface area contributed by atoms with Crippen LogP contribution < -0.4 is 10.3 Å². The smallest absolute Gasteiger partial charge is 0.269 e. The van der Waals surface area contributed by atoms with Gasteiger partial charge in [-0.2, -0.15) is 0 Å². The highest BCUT2D eigenvalue weighted by Crippen LogP contribution is 2.41. The Morgan fingerprint density at radius 3 is 2.90 bits per heavy atom. The van der Waals surface area contributed by atoms with Crippen LogP contribution >= 0.6 is 0 Å². The van der Waals surface area contributed by atoms with Gasteiger partial charge in [0.05, 0.1) is 29.4 Å². The fourth-order valence-corrected chi connectivity index (χ4v) is 2.94. The van der Waals surface area contributed by atoms with Gasteiger partial charge in [0, 0.05) is 12.1 Å². The van der Waals surface area contributed by atoms with Gasteiger partial charge in [-0.15, -0.1) is 0 Å². The van der Waals surface area contributed by atoms with Crippen LogP contribution in [-0.4, -0.2) is 26.9 Å². The summed E-state index contributed by atoms with van der Waals surface area (Å²) < 4.78 is 7.34. The highest BCUT2D eigenvalue weighted by atomic mass is 16.5. The van der Waals surface area contributed by atoms with Crippen molar-refractivity contribution in [2.45, 2.75) is 44.8 Å². The molecule has 1 N–H and O–H groups in total. The molecular formula is C16H20N2O3. The summed E-state index contributed by atoms with van der Waals surface area (Å²) in [5.74, 6) is 0.766. The topological polar surface area (TPSA) is 64.3 Å². The highest BCUT2D eigenvalue weighted by Gasteiger charge is 2.40. The molecule has 21 heavy (non-hydrogen) atoms. The maximum atomic E-state index is 12.1. The van der Waals surface area contributed by atoms with E-state index in [0.29, 0.717) is 19.4 Å². The molecule has 1 saturated carbocycles. The molecule has 5 nitrogen and oxygen atoms in total. The number of hydrogen-bond donors (Lipinski definition) is 1. The maximum Gasteiger partial charge on any atom is 0.269 e. The highest BCUT2D eigenvalue weighted by molar-refractivity contribution is 5.76. The zero-order chi connectivity index (χ0) is 15.0. The Hall–Kier alpha value is -1.88. The van der Waals surface area contributed by atoms with Crippen LogP contribution in [0.15, 0.2) is 29.2 Å². The van der Waals surface area contributed by atoms with Gasteiger partial charge in [-0.1, -0.05) is 6.92 Å². The molecule has 0 aliphatic heterocycles. The van der Waals surface area contributed by atoms with Gasteiger partial charge in [-0.25, -0.2) is 4.98 Å². The number of nitrogens with zero attached hydrogens (tertiary/aromatic N) is 2. The van der Waals surface area contributed by atoms with Gasteiger partial charge in [0.25, 0.3) is 5.56 Å². The van der Waals surface area contributed by atoms with E-state index in [-0.39, 0.29) is 11.6 Å². The average Bonchev–Trinajstić information content (AvgIpc) is 2.42. The first kappa shape index (κ1) is 14.1. The van der Waals surface area contributed by atoms with Gasteiger partial charge in [0.1, 0.15) is 5.75 Å². The summed E-state index contributed by atoms with van der Waals surface area (Å²) in [6.45, 7) is 4.52. The van der Waals surface area contributed by atoms with Crippen LogP contribution in [0.5, 0.6) is 5.75 Å². The number of rotatable bonds is 4. The molecule has 112 valence electrons. The van der Waals surface area contributed by atoms with Crippen LogP contribution in [0, 0.1) is 0 Å².